The third-order valence-electron chi connectivity index (χ3n) is 3.40. The van der Waals surface area contributed by atoms with Crippen LogP contribution >= 0.6 is 0 Å². The molecular formula is C17H20F2N2. The van der Waals surface area contributed by atoms with Crippen LogP contribution in [-0.4, -0.2) is 18.5 Å². The number of benzene rings is 2. The van der Waals surface area contributed by atoms with Crippen molar-refractivity contribution >= 4 is 0 Å². The first-order chi connectivity index (χ1) is 9.95. The van der Waals surface area contributed by atoms with E-state index in [1.165, 1.54) is 17.2 Å². The normalized spacial score (nSPS) is 12.7. The van der Waals surface area contributed by atoms with Crippen molar-refractivity contribution in [3.63, 3.8) is 0 Å². The summed E-state index contributed by atoms with van der Waals surface area (Å²) in [4.78, 5) is 2.00. The largest absolute Gasteiger partial charge is 0.323 e. The first-order valence-corrected chi connectivity index (χ1v) is 6.90. The van der Waals surface area contributed by atoms with Gasteiger partial charge in [-0.25, -0.2) is 8.78 Å². The molecule has 0 fully saturated rings. The van der Waals surface area contributed by atoms with Gasteiger partial charge >= 0.3 is 0 Å². The summed E-state index contributed by atoms with van der Waals surface area (Å²) in [6, 6.07) is 11.0. The number of nitrogens with two attached hydrogens (primary N) is 1. The highest BCUT2D eigenvalue weighted by atomic mass is 19.1. The quantitative estimate of drug-likeness (QED) is 0.914. The average molecular weight is 290 g/mol. The van der Waals surface area contributed by atoms with Crippen molar-refractivity contribution in [3.8, 4) is 0 Å². The third kappa shape index (κ3) is 4.34. The van der Waals surface area contributed by atoms with Gasteiger partial charge < -0.3 is 10.6 Å². The SMILES string of the molecule is Cc1cccc(CN(C)CC(N)c2cc(F)ccc2F)c1. The summed E-state index contributed by atoms with van der Waals surface area (Å²) in [5, 5.41) is 0. The zero-order valence-electron chi connectivity index (χ0n) is 12.3. The first-order valence-electron chi connectivity index (χ1n) is 6.90. The Morgan fingerprint density at radius 2 is 1.90 bits per heavy atom. The molecular weight excluding hydrogens is 270 g/mol. The number of hydrogen-bond donors (Lipinski definition) is 1. The highest BCUT2D eigenvalue weighted by molar-refractivity contribution is 5.23. The minimum absolute atomic E-state index is 0.214. The molecule has 21 heavy (non-hydrogen) atoms. The minimum atomic E-state index is -0.560. The molecule has 2 rings (SSSR count). The first kappa shape index (κ1) is 15.6. The van der Waals surface area contributed by atoms with Crippen molar-refractivity contribution in [2.75, 3.05) is 13.6 Å². The van der Waals surface area contributed by atoms with E-state index in [2.05, 4.69) is 6.07 Å². The van der Waals surface area contributed by atoms with Gasteiger partial charge in [-0.2, -0.15) is 0 Å². The second kappa shape index (κ2) is 6.78. The van der Waals surface area contributed by atoms with Gasteiger partial charge in [-0.05, 0) is 37.7 Å². The third-order valence-corrected chi connectivity index (χ3v) is 3.40. The van der Waals surface area contributed by atoms with Crippen LogP contribution in [0.25, 0.3) is 0 Å². The topological polar surface area (TPSA) is 29.3 Å². The lowest BCUT2D eigenvalue weighted by Gasteiger charge is -2.22. The summed E-state index contributed by atoms with van der Waals surface area (Å²) < 4.78 is 26.9. The predicted octanol–water partition coefficient (Wildman–Crippen LogP) is 3.41. The lowest BCUT2D eigenvalue weighted by Crippen LogP contribution is -2.29. The average Bonchev–Trinajstić information content (AvgIpc) is 2.41. The molecule has 0 radical (unpaired) electrons. The lowest BCUT2D eigenvalue weighted by molar-refractivity contribution is 0.302. The van der Waals surface area contributed by atoms with Crippen LogP contribution in [0, 0.1) is 18.6 Å². The van der Waals surface area contributed by atoms with E-state index in [0.29, 0.717) is 13.1 Å². The Balaban J connectivity index is 2.01. The number of halogens is 2. The molecule has 0 saturated carbocycles. The van der Waals surface area contributed by atoms with Crippen LogP contribution in [0.3, 0.4) is 0 Å². The molecule has 0 saturated heterocycles. The van der Waals surface area contributed by atoms with Crippen molar-refractivity contribution < 1.29 is 8.78 Å². The Hall–Kier alpha value is -1.78. The molecule has 0 amide bonds. The van der Waals surface area contributed by atoms with Crippen molar-refractivity contribution in [2.24, 2.45) is 5.73 Å². The van der Waals surface area contributed by atoms with Gasteiger partial charge in [-0.3, -0.25) is 0 Å². The lowest BCUT2D eigenvalue weighted by atomic mass is 10.1. The monoisotopic (exact) mass is 290 g/mol. The summed E-state index contributed by atoms with van der Waals surface area (Å²) in [6.07, 6.45) is 0. The van der Waals surface area contributed by atoms with Crippen LogP contribution in [0.15, 0.2) is 42.5 Å². The molecule has 2 aromatic carbocycles. The maximum absolute atomic E-state index is 13.7. The maximum atomic E-state index is 13.7. The predicted molar refractivity (Wildman–Crippen MR) is 80.8 cm³/mol. The highest BCUT2D eigenvalue weighted by Gasteiger charge is 2.14. The Bertz CT molecular complexity index is 613. The fourth-order valence-corrected chi connectivity index (χ4v) is 2.42. The van der Waals surface area contributed by atoms with Gasteiger partial charge in [0.2, 0.25) is 0 Å². The molecule has 1 unspecified atom stereocenters. The zero-order valence-corrected chi connectivity index (χ0v) is 12.3. The number of likely N-dealkylation sites (N-methyl/N-ethyl adjacent to an activating group) is 1. The van der Waals surface area contributed by atoms with E-state index in [-0.39, 0.29) is 5.56 Å². The number of aryl methyl sites for hydroxylation is 1. The summed E-state index contributed by atoms with van der Waals surface area (Å²) in [5.74, 6) is -0.934. The zero-order chi connectivity index (χ0) is 15.4. The Morgan fingerprint density at radius 1 is 1.14 bits per heavy atom. The van der Waals surface area contributed by atoms with Crippen molar-refractivity contribution in [1.82, 2.24) is 4.90 Å². The highest BCUT2D eigenvalue weighted by Crippen LogP contribution is 2.18. The molecule has 0 heterocycles. The Kier molecular flexibility index (Phi) is 5.04. The second-order valence-electron chi connectivity index (χ2n) is 5.46. The van der Waals surface area contributed by atoms with Gasteiger partial charge in [0.25, 0.3) is 0 Å². The van der Waals surface area contributed by atoms with E-state index in [1.807, 2.05) is 37.1 Å². The van der Waals surface area contributed by atoms with Gasteiger partial charge in [0.1, 0.15) is 11.6 Å². The molecule has 2 aromatic rings. The van der Waals surface area contributed by atoms with Gasteiger partial charge in [-0.1, -0.05) is 29.8 Å². The van der Waals surface area contributed by atoms with Crippen LogP contribution in [0.2, 0.25) is 0 Å². The fraction of sp³-hybridized carbons (Fsp3) is 0.294. The van der Waals surface area contributed by atoms with E-state index < -0.39 is 17.7 Å². The maximum Gasteiger partial charge on any atom is 0.128 e. The van der Waals surface area contributed by atoms with Gasteiger partial charge in [0.05, 0.1) is 0 Å². The van der Waals surface area contributed by atoms with Crippen molar-refractivity contribution in [2.45, 2.75) is 19.5 Å². The number of nitrogens with zero attached hydrogens (tertiary/aromatic N) is 1. The van der Waals surface area contributed by atoms with Crippen LogP contribution in [0.4, 0.5) is 8.78 Å². The van der Waals surface area contributed by atoms with E-state index in [9.17, 15) is 8.78 Å². The van der Waals surface area contributed by atoms with E-state index in [4.69, 9.17) is 5.73 Å². The summed E-state index contributed by atoms with van der Waals surface area (Å²) in [7, 11) is 1.92. The summed E-state index contributed by atoms with van der Waals surface area (Å²) in [6.45, 7) is 3.21. The second-order valence-corrected chi connectivity index (χ2v) is 5.46. The molecule has 112 valence electrons. The van der Waals surface area contributed by atoms with Crippen molar-refractivity contribution in [1.29, 1.82) is 0 Å². The van der Waals surface area contributed by atoms with Gasteiger partial charge in [0.15, 0.2) is 0 Å². The van der Waals surface area contributed by atoms with E-state index in [1.54, 1.807) is 0 Å². The summed E-state index contributed by atoms with van der Waals surface area (Å²) >= 11 is 0. The Morgan fingerprint density at radius 3 is 2.62 bits per heavy atom. The number of rotatable bonds is 5. The van der Waals surface area contributed by atoms with Crippen LogP contribution in [0.1, 0.15) is 22.7 Å². The summed E-state index contributed by atoms with van der Waals surface area (Å²) in [5.41, 5.74) is 8.58. The van der Waals surface area contributed by atoms with Crippen molar-refractivity contribution in [3.05, 3.63) is 70.8 Å². The fourth-order valence-electron chi connectivity index (χ4n) is 2.42. The van der Waals surface area contributed by atoms with E-state index in [0.717, 1.165) is 12.1 Å². The number of hydrogen-bond acceptors (Lipinski definition) is 2. The minimum Gasteiger partial charge on any atom is -0.323 e. The molecule has 0 aromatic heterocycles. The molecule has 1 atom stereocenters. The molecule has 0 aliphatic heterocycles. The smallest absolute Gasteiger partial charge is 0.128 e. The van der Waals surface area contributed by atoms with Gasteiger partial charge in [-0.15, -0.1) is 0 Å². The molecule has 0 spiro atoms. The van der Waals surface area contributed by atoms with Gasteiger partial charge in [0, 0.05) is 24.7 Å². The standard InChI is InChI=1S/C17H20F2N2/c1-12-4-3-5-13(8-12)10-21(2)11-17(20)15-9-14(18)6-7-16(15)19/h3-9,17H,10-11,20H2,1-2H3. The molecule has 4 heteroatoms. The molecule has 0 bridgehead atoms. The molecule has 0 aliphatic carbocycles. The molecule has 0 aliphatic rings. The molecule has 2 N–H and O–H groups in total. The Labute approximate surface area is 124 Å². The van der Waals surface area contributed by atoms with Crippen LogP contribution < -0.4 is 5.73 Å². The van der Waals surface area contributed by atoms with Crippen LogP contribution in [-0.2, 0) is 6.54 Å². The van der Waals surface area contributed by atoms with E-state index >= 15 is 0 Å². The van der Waals surface area contributed by atoms with Crippen LogP contribution in [0.5, 0.6) is 0 Å². The molecule has 2 nitrogen and oxygen atoms in total.